The lowest BCUT2D eigenvalue weighted by Crippen LogP contribution is -2.55. The highest BCUT2D eigenvalue weighted by molar-refractivity contribution is 5.94. The Morgan fingerprint density at radius 3 is 2.80 bits per heavy atom. The number of fused-ring (bicyclic) bond motifs is 1. The first-order valence-corrected chi connectivity index (χ1v) is 10.7. The van der Waals surface area contributed by atoms with Crippen LogP contribution < -0.4 is 0 Å². The summed E-state index contributed by atoms with van der Waals surface area (Å²) in [5, 5.41) is 0. The molecule has 0 N–H and O–H groups in total. The predicted molar refractivity (Wildman–Crippen MR) is 109 cm³/mol. The van der Waals surface area contributed by atoms with E-state index in [1.165, 1.54) is 0 Å². The number of carbonyl (C=O) groups is 3. The van der Waals surface area contributed by atoms with Crippen molar-refractivity contribution in [2.75, 3.05) is 32.7 Å². The van der Waals surface area contributed by atoms with Gasteiger partial charge in [-0.25, -0.2) is 0 Å². The summed E-state index contributed by atoms with van der Waals surface area (Å²) < 4.78 is 6.22. The van der Waals surface area contributed by atoms with Crippen LogP contribution in [-0.2, 0) is 25.7 Å². The van der Waals surface area contributed by atoms with Gasteiger partial charge in [-0.05, 0) is 19.4 Å². The SMILES string of the molecule is CCN1CCN(C(=O)C2C3C(=O)N(Cc4cccc(C)c4)C[C@]34C=C[C@H]2O4)CC1=O. The molecule has 0 saturated carbocycles. The summed E-state index contributed by atoms with van der Waals surface area (Å²) in [6.45, 7) is 6.72. The van der Waals surface area contributed by atoms with Crippen molar-refractivity contribution in [2.45, 2.75) is 32.1 Å². The van der Waals surface area contributed by atoms with Crippen LogP contribution in [0.5, 0.6) is 0 Å². The van der Waals surface area contributed by atoms with Gasteiger partial charge >= 0.3 is 0 Å². The molecule has 4 aliphatic heterocycles. The van der Waals surface area contributed by atoms with Crippen molar-refractivity contribution in [1.29, 1.82) is 0 Å². The molecule has 30 heavy (non-hydrogen) atoms. The lowest BCUT2D eigenvalue weighted by molar-refractivity contribution is -0.150. The number of hydrogen-bond donors (Lipinski definition) is 0. The van der Waals surface area contributed by atoms with E-state index < -0.39 is 17.4 Å². The van der Waals surface area contributed by atoms with E-state index in [1.54, 1.807) is 9.80 Å². The minimum Gasteiger partial charge on any atom is -0.360 e. The normalized spacial score (nSPS) is 32.3. The van der Waals surface area contributed by atoms with Gasteiger partial charge in [-0.1, -0.05) is 42.0 Å². The van der Waals surface area contributed by atoms with Crippen LogP contribution in [0.4, 0.5) is 0 Å². The van der Waals surface area contributed by atoms with Gasteiger partial charge < -0.3 is 19.4 Å². The zero-order valence-electron chi connectivity index (χ0n) is 17.4. The molecule has 1 aromatic carbocycles. The van der Waals surface area contributed by atoms with E-state index in [2.05, 4.69) is 6.07 Å². The zero-order valence-corrected chi connectivity index (χ0v) is 17.4. The van der Waals surface area contributed by atoms with Crippen LogP contribution in [0.15, 0.2) is 36.4 Å². The van der Waals surface area contributed by atoms with E-state index in [0.717, 1.165) is 11.1 Å². The Morgan fingerprint density at radius 2 is 2.07 bits per heavy atom. The first kappa shape index (κ1) is 19.3. The third kappa shape index (κ3) is 2.87. The number of hydrogen-bond acceptors (Lipinski definition) is 4. The van der Waals surface area contributed by atoms with E-state index in [1.807, 2.05) is 49.1 Å². The molecule has 0 aromatic heterocycles. The van der Waals surface area contributed by atoms with E-state index in [4.69, 9.17) is 4.74 Å². The molecule has 5 rings (SSSR count). The standard InChI is InChI=1S/C23H27N3O4/c1-3-24-9-10-25(13-18(24)27)21(28)19-17-7-8-23(30-17)14-26(22(29)20(19)23)12-16-6-4-5-15(2)11-16/h4-8,11,17,19-20H,3,9-10,12-14H2,1-2H3/t17-,19?,20?,23-/m1/s1. The molecule has 7 nitrogen and oxygen atoms in total. The van der Waals surface area contributed by atoms with Crippen LogP contribution in [0.3, 0.4) is 0 Å². The lowest BCUT2D eigenvalue weighted by atomic mass is 9.76. The smallest absolute Gasteiger partial charge is 0.242 e. The maximum atomic E-state index is 13.4. The van der Waals surface area contributed by atoms with Crippen molar-refractivity contribution in [3.63, 3.8) is 0 Å². The Balaban J connectivity index is 1.36. The molecule has 1 spiro atoms. The van der Waals surface area contributed by atoms with Gasteiger partial charge in [-0.2, -0.15) is 0 Å². The fourth-order valence-corrected chi connectivity index (χ4v) is 5.47. The quantitative estimate of drug-likeness (QED) is 0.695. The molecule has 1 aromatic rings. The molecule has 7 heteroatoms. The monoisotopic (exact) mass is 409 g/mol. The Kier molecular flexibility index (Phi) is 4.47. The number of aryl methyl sites for hydroxylation is 1. The van der Waals surface area contributed by atoms with Gasteiger partial charge in [-0.3, -0.25) is 14.4 Å². The van der Waals surface area contributed by atoms with Crippen LogP contribution in [-0.4, -0.2) is 76.9 Å². The Hall–Kier alpha value is -2.67. The maximum Gasteiger partial charge on any atom is 0.242 e. The fraction of sp³-hybridized carbons (Fsp3) is 0.522. The van der Waals surface area contributed by atoms with Crippen LogP contribution in [0.2, 0.25) is 0 Å². The Bertz CT molecular complexity index is 944. The molecular formula is C23H27N3O4. The Labute approximate surface area is 176 Å². The third-order valence-corrected chi connectivity index (χ3v) is 6.93. The maximum absolute atomic E-state index is 13.4. The van der Waals surface area contributed by atoms with E-state index in [0.29, 0.717) is 32.7 Å². The molecule has 4 atom stereocenters. The number of likely N-dealkylation sites (N-methyl/N-ethyl adjacent to an activating group) is 1. The minimum absolute atomic E-state index is 0.0276. The molecular weight excluding hydrogens is 382 g/mol. The zero-order chi connectivity index (χ0) is 21.0. The highest BCUT2D eigenvalue weighted by Gasteiger charge is 2.67. The van der Waals surface area contributed by atoms with E-state index >= 15 is 0 Å². The average Bonchev–Trinajstić information content (AvgIpc) is 3.36. The number of amides is 3. The van der Waals surface area contributed by atoms with Gasteiger partial charge in [0.05, 0.1) is 31.0 Å². The summed E-state index contributed by atoms with van der Waals surface area (Å²) in [5.41, 5.74) is 1.50. The number of benzene rings is 1. The number of ether oxygens (including phenoxy) is 1. The predicted octanol–water partition coefficient (Wildman–Crippen LogP) is 0.968. The third-order valence-electron chi connectivity index (χ3n) is 6.93. The molecule has 2 bridgehead atoms. The lowest BCUT2D eigenvalue weighted by Gasteiger charge is -2.36. The number of piperazine rings is 1. The summed E-state index contributed by atoms with van der Waals surface area (Å²) in [6.07, 6.45) is 3.51. The number of rotatable bonds is 4. The van der Waals surface area contributed by atoms with E-state index in [-0.39, 0.29) is 30.4 Å². The van der Waals surface area contributed by atoms with Gasteiger partial charge in [0, 0.05) is 26.2 Å². The second-order valence-corrected chi connectivity index (χ2v) is 8.82. The first-order valence-electron chi connectivity index (χ1n) is 10.7. The highest BCUT2D eigenvalue weighted by Crippen LogP contribution is 2.52. The first-order chi connectivity index (χ1) is 14.4. The van der Waals surface area contributed by atoms with Crippen molar-refractivity contribution in [3.8, 4) is 0 Å². The molecule has 4 heterocycles. The van der Waals surface area contributed by atoms with Crippen LogP contribution >= 0.6 is 0 Å². The van der Waals surface area contributed by atoms with Gasteiger partial charge in [0.15, 0.2) is 0 Å². The van der Waals surface area contributed by atoms with E-state index in [9.17, 15) is 14.4 Å². The van der Waals surface area contributed by atoms with Gasteiger partial charge in [0.2, 0.25) is 17.7 Å². The largest absolute Gasteiger partial charge is 0.360 e. The van der Waals surface area contributed by atoms with Crippen LogP contribution in [0, 0.1) is 18.8 Å². The molecule has 0 radical (unpaired) electrons. The summed E-state index contributed by atoms with van der Waals surface area (Å²) in [7, 11) is 0. The van der Waals surface area contributed by atoms with Crippen molar-refractivity contribution in [3.05, 3.63) is 47.5 Å². The summed E-state index contributed by atoms with van der Waals surface area (Å²) in [6, 6.07) is 8.12. The number of likely N-dealkylation sites (tertiary alicyclic amines) is 1. The van der Waals surface area contributed by atoms with Gasteiger partial charge in [-0.15, -0.1) is 0 Å². The van der Waals surface area contributed by atoms with Crippen molar-refractivity contribution in [1.82, 2.24) is 14.7 Å². The average molecular weight is 409 g/mol. The minimum atomic E-state index is -0.721. The van der Waals surface area contributed by atoms with Crippen molar-refractivity contribution in [2.24, 2.45) is 11.8 Å². The summed E-state index contributed by atoms with van der Waals surface area (Å²) in [4.78, 5) is 44.3. The summed E-state index contributed by atoms with van der Waals surface area (Å²) >= 11 is 0. The second-order valence-electron chi connectivity index (χ2n) is 8.82. The number of nitrogens with zero attached hydrogens (tertiary/aromatic N) is 3. The van der Waals surface area contributed by atoms with Crippen LogP contribution in [0.1, 0.15) is 18.1 Å². The van der Waals surface area contributed by atoms with Crippen LogP contribution in [0.25, 0.3) is 0 Å². The molecule has 158 valence electrons. The number of carbonyl (C=O) groups excluding carboxylic acids is 3. The molecule has 4 aliphatic rings. The molecule has 3 saturated heterocycles. The molecule has 3 fully saturated rings. The second kappa shape index (κ2) is 6.94. The van der Waals surface area contributed by atoms with Crippen molar-refractivity contribution >= 4 is 17.7 Å². The molecule has 3 amide bonds. The summed E-state index contributed by atoms with van der Waals surface area (Å²) in [5.74, 6) is -1.26. The fourth-order valence-electron chi connectivity index (χ4n) is 5.47. The van der Waals surface area contributed by atoms with Gasteiger partial charge in [0.25, 0.3) is 0 Å². The Morgan fingerprint density at radius 1 is 1.23 bits per heavy atom. The highest BCUT2D eigenvalue weighted by atomic mass is 16.5. The molecule has 2 unspecified atom stereocenters. The topological polar surface area (TPSA) is 70.2 Å². The molecule has 0 aliphatic carbocycles. The van der Waals surface area contributed by atoms with Gasteiger partial charge in [0.1, 0.15) is 5.60 Å². The van der Waals surface area contributed by atoms with Crippen molar-refractivity contribution < 1.29 is 19.1 Å².